The molecule has 0 aliphatic heterocycles. The molecule has 0 N–H and O–H groups in total. The van der Waals surface area contributed by atoms with Gasteiger partial charge in [-0.3, -0.25) is 4.99 Å². The van der Waals surface area contributed by atoms with Gasteiger partial charge in [0.2, 0.25) is 0 Å². The zero-order valence-corrected chi connectivity index (χ0v) is 10.6. The van der Waals surface area contributed by atoms with Crippen LogP contribution in [0, 0.1) is 5.92 Å². The molecule has 0 amide bonds. The van der Waals surface area contributed by atoms with Crippen LogP contribution in [-0.4, -0.2) is 21.8 Å². The highest BCUT2D eigenvalue weighted by Crippen LogP contribution is 2.11. The summed E-state index contributed by atoms with van der Waals surface area (Å²) < 4.78 is 2.05. The fraction of sp³-hybridized carbons (Fsp3) is 0.538. The predicted octanol–water partition coefficient (Wildman–Crippen LogP) is 3.25. The van der Waals surface area contributed by atoms with Crippen LogP contribution in [0.1, 0.15) is 34.1 Å². The normalized spacial score (nSPS) is 13.6. The van der Waals surface area contributed by atoms with Gasteiger partial charge < -0.3 is 4.57 Å². The van der Waals surface area contributed by atoms with Gasteiger partial charge >= 0.3 is 0 Å². The Hall–Kier alpha value is -1.38. The van der Waals surface area contributed by atoms with Crippen molar-refractivity contribution < 1.29 is 0 Å². The lowest BCUT2D eigenvalue weighted by atomic mass is 10.1. The van der Waals surface area contributed by atoms with Gasteiger partial charge in [0.1, 0.15) is 0 Å². The minimum Gasteiger partial charge on any atom is -0.310 e. The van der Waals surface area contributed by atoms with Crippen LogP contribution in [0.15, 0.2) is 29.8 Å². The van der Waals surface area contributed by atoms with Crippen LogP contribution < -0.4 is 0 Å². The van der Waals surface area contributed by atoms with Crippen LogP contribution in [-0.2, 0) is 0 Å². The Balaban J connectivity index is 2.98. The molecule has 0 saturated carbocycles. The number of rotatable bonds is 5. The van der Waals surface area contributed by atoms with Gasteiger partial charge in [-0.05, 0) is 25.3 Å². The third-order valence-electron chi connectivity index (χ3n) is 2.45. The van der Waals surface area contributed by atoms with Crippen LogP contribution in [0.4, 0.5) is 0 Å². The Bertz CT molecular complexity index is 359. The molecule has 0 aliphatic carbocycles. The number of aromatic nitrogens is 2. The topological polar surface area (TPSA) is 30.2 Å². The molecule has 1 aromatic heterocycles. The molecule has 1 heterocycles. The summed E-state index contributed by atoms with van der Waals surface area (Å²) in [7, 11) is 0. The van der Waals surface area contributed by atoms with Gasteiger partial charge in [-0.1, -0.05) is 20.8 Å². The molecule has 1 aromatic rings. The molecule has 0 fully saturated rings. The Morgan fingerprint density at radius 1 is 1.44 bits per heavy atom. The van der Waals surface area contributed by atoms with E-state index in [1.807, 2.05) is 17.1 Å². The highest BCUT2D eigenvalue weighted by Gasteiger charge is 2.04. The average molecular weight is 219 g/mol. The van der Waals surface area contributed by atoms with Crippen LogP contribution >= 0.6 is 0 Å². The maximum Gasteiger partial charge on any atom is 0.0989 e. The zero-order chi connectivity index (χ0) is 12.0. The summed E-state index contributed by atoms with van der Waals surface area (Å²) in [6.07, 6.45) is 8.76. The summed E-state index contributed by atoms with van der Waals surface area (Å²) in [6, 6.07) is 0. The summed E-state index contributed by atoms with van der Waals surface area (Å²) in [5.41, 5.74) is 2.39. The fourth-order valence-corrected chi connectivity index (χ4v) is 1.54. The number of allylic oxidation sites excluding steroid dienone is 2. The minimum absolute atomic E-state index is 0.463. The molecule has 16 heavy (non-hydrogen) atoms. The van der Waals surface area contributed by atoms with Gasteiger partial charge in [0, 0.05) is 30.3 Å². The standard InChI is InChI=1S/C13H21N3/c1-5-12(16-8-7-14-10-16)9-13(11(3)4)15-6-2/h7-11H,5-6H2,1-4H3/b12-9+,15-13?. The van der Waals surface area contributed by atoms with Crippen molar-refractivity contribution in [3.63, 3.8) is 0 Å². The molecule has 0 bridgehead atoms. The first-order valence-electron chi connectivity index (χ1n) is 5.92. The van der Waals surface area contributed by atoms with Crippen molar-refractivity contribution in [1.82, 2.24) is 9.55 Å². The van der Waals surface area contributed by atoms with E-state index >= 15 is 0 Å². The van der Waals surface area contributed by atoms with Crippen molar-refractivity contribution in [3.05, 3.63) is 24.8 Å². The van der Waals surface area contributed by atoms with Gasteiger partial charge in [-0.15, -0.1) is 0 Å². The molecule has 88 valence electrons. The quantitative estimate of drug-likeness (QED) is 0.699. The smallest absolute Gasteiger partial charge is 0.0989 e. The van der Waals surface area contributed by atoms with Crippen molar-refractivity contribution in [2.24, 2.45) is 10.9 Å². The molecule has 0 saturated heterocycles. The first-order chi connectivity index (χ1) is 7.69. The summed E-state index contributed by atoms with van der Waals surface area (Å²) in [5, 5.41) is 0. The van der Waals surface area contributed by atoms with Crippen LogP contribution in [0.3, 0.4) is 0 Å². The maximum absolute atomic E-state index is 4.53. The lowest BCUT2D eigenvalue weighted by molar-refractivity contribution is 0.875. The van der Waals surface area contributed by atoms with E-state index in [2.05, 4.69) is 43.7 Å². The van der Waals surface area contributed by atoms with E-state index in [9.17, 15) is 0 Å². The number of nitrogens with zero attached hydrogens (tertiary/aromatic N) is 3. The highest BCUT2D eigenvalue weighted by molar-refractivity contribution is 6.00. The summed E-state index contributed by atoms with van der Waals surface area (Å²) in [6.45, 7) is 9.40. The van der Waals surface area contributed by atoms with Crippen molar-refractivity contribution in [2.75, 3.05) is 6.54 Å². The van der Waals surface area contributed by atoms with E-state index in [0.717, 1.165) is 18.7 Å². The third-order valence-corrected chi connectivity index (χ3v) is 2.45. The molecule has 0 radical (unpaired) electrons. The first kappa shape index (κ1) is 12.7. The number of hydrogen-bond acceptors (Lipinski definition) is 2. The fourth-order valence-electron chi connectivity index (χ4n) is 1.54. The summed E-state index contributed by atoms with van der Waals surface area (Å²) in [5.74, 6) is 0.463. The van der Waals surface area contributed by atoms with Crippen LogP contribution in [0.2, 0.25) is 0 Å². The number of imidazole rings is 1. The molecular weight excluding hydrogens is 198 g/mol. The van der Waals surface area contributed by atoms with Crippen molar-refractivity contribution >= 4 is 11.4 Å². The van der Waals surface area contributed by atoms with E-state index < -0.39 is 0 Å². The van der Waals surface area contributed by atoms with E-state index in [0.29, 0.717) is 5.92 Å². The van der Waals surface area contributed by atoms with Crippen molar-refractivity contribution in [2.45, 2.75) is 34.1 Å². The molecule has 3 heteroatoms. The summed E-state index contributed by atoms with van der Waals surface area (Å²) in [4.78, 5) is 8.60. The highest BCUT2D eigenvalue weighted by atomic mass is 15.0. The zero-order valence-electron chi connectivity index (χ0n) is 10.6. The van der Waals surface area contributed by atoms with Crippen molar-refractivity contribution in [1.29, 1.82) is 0 Å². The molecule has 0 unspecified atom stereocenters. The van der Waals surface area contributed by atoms with Crippen LogP contribution in [0.5, 0.6) is 0 Å². The molecule has 0 aromatic carbocycles. The Kier molecular flexibility index (Phi) is 4.96. The monoisotopic (exact) mass is 219 g/mol. The Morgan fingerprint density at radius 2 is 2.19 bits per heavy atom. The predicted molar refractivity (Wildman–Crippen MR) is 69.6 cm³/mol. The molecule has 3 nitrogen and oxygen atoms in total. The third kappa shape index (κ3) is 3.33. The second-order valence-electron chi connectivity index (χ2n) is 4.01. The molecule has 1 rings (SSSR count). The average Bonchev–Trinajstić information content (AvgIpc) is 2.77. The van der Waals surface area contributed by atoms with Gasteiger partial charge in [-0.2, -0.15) is 0 Å². The van der Waals surface area contributed by atoms with E-state index in [1.165, 1.54) is 5.70 Å². The first-order valence-corrected chi connectivity index (χ1v) is 5.92. The van der Waals surface area contributed by atoms with Crippen LogP contribution in [0.25, 0.3) is 5.70 Å². The maximum atomic E-state index is 4.53. The second kappa shape index (κ2) is 6.26. The molecule has 0 atom stereocenters. The Morgan fingerprint density at radius 3 is 2.62 bits per heavy atom. The van der Waals surface area contributed by atoms with E-state index in [-0.39, 0.29) is 0 Å². The summed E-state index contributed by atoms with van der Waals surface area (Å²) >= 11 is 0. The Labute approximate surface area is 97.9 Å². The number of aliphatic imine (C=N–C) groups is 1. The largest absolute Gasteiger partial charge is 0.310 e. The lowest BCUT2D eigenvalue weighted by Crippen LogP contribution is -2.07. The van der Waals surface area contributed by atoms with E-state index in [1.54, 1.807) is 6.20 Å². The van der Waals surface area contributed by atoms with Gasteiger partial charge in [0.25, 0.3) is 0 Å². The minimum atomic E-state index is 0.463. The molecule has 0 spiro atoms. The molecule has 0 aliphatic rings. The van der Waals surface area contributed by atoms with Gasteiger partial charge in [0.05, 0.1) is 6.33 Å². The van der Waals surface area contributed by atoms with E-state index in [4.69, 9.17) is 0 Å². The lowest BCUT2D eigenvalue weighted by Gasteiger charge is -2.10. The van der Waals surface area contributed by atoms with Crippen molar-refractivity contribution in [3.8, 4) is 0 Å². The SMILES string of the molecule is CCN=C(/C=C(\CC)n1ccnc1)C(C)C. The molecular formula is C13H21N3. The van der Waals surface area contributed by atoms with Gasteiger partial charge in [-0.25, -0.2) is 4.98 Å². The second-order valence-corrected chi connectivity index (χ2v) is 4.01. The number of hydrogen-bond donors (Lipinski definition) is 0. The van der Waals surface area contributed by atoms with Gasteiger partial charge in [0.15, 0.2) is 0 Å².